The van der Waals surface area contributed by atoms with Gasteiger partial charge in [0.2, 0.25) is 0 Å². The average Bonchev–Trinajstić information content (AvgIpc) is 3.48. The van der Waals surface area contributed by atoms with Crippen molar-refractivity contribution in [1.29, 1.82) is 0 Å². The minimum atomic E-state index is -0.0272. The van der Waals surface area contributed by atoms with Crippen LogP contribution in [0.1, 0.15) is 18.6 Å². The predicted octanol–water partition coefficient (Wildman–Crippen LogP) is 2.42. The lowest BCUT2D eigenvalue weighted by molar-refractivity contribution is 0.218. The standard InChI is InChI=1S/C22H27N5O2/c1-26-14-19(17-4-5-24-12-20(17)25-11-15-2-3-15)21-18(22(26)28)10-16(29-21)13-27-8-6-23-7-9-27/h4-5,10,12,14-15,23,25H,2-3,6-9,11,13H2,1H3. The van der Waals surface area contributed by atoms with Crippen molar-refractivity contribution >= 4 is 16.7 Å². The van der Waals surface area contributed by atoms with Crippen molar-refractivity contribution in [3.63, 3.8) is 0 Å². The molecular weight excluding hydrogens is 366 g/mol. The summed E-state index contributed by atoms with van der Waals surface area (Å²) in [4.78, 5) is 19.4. The van der Waals surface area contributed by atoms with Gasteiger partial charge >= 0.3 is 0 Å². The summed E-state index contributed by atoms with van der Waals surface area (Å²) in [5.41, 5.74) is 3.57. The number of rotatable bonds is 6. The van der Waals surface area contributed by atoms with Crippen LogP contribution in [0, 0.1) is 5.92 Å². The molecule has 0 radical (unpaired) electrons. The number of anilines is 1. The van der Waals surface area contributed by atoms with Crippen LogP contribution in [-0.4, -0.2) is 47.2 Å². The molecule has 2 aliphatic rings. The molecule has 1 saturated carbocycles. The molecule has 1 aliphatic carbocycles. The Morgan fingerprint density at radius 1 is 1.28 bits per heavy atom. The number of pyridine rings is 2. The monoisotopic (exact) mass is 393 g/mol. The third-order valence-electron chi connectivity index (χ3n) is 5.88. The molecule has 7 heteroatoms. The van der Waals surface area contributed by atoms with Crippen LogP contribution in [-0.2, 0) is 13.6 Å². The molecule has 2 N–H and O–H groups in total. The Hall–Kier alpha value is -2.64. The minimum Gasteiger partial charge on any atom is -0.459 e. The first-order chi connectivity index (χ1) is 14.2. The summed E-state index contributed by atoms with van der Waals surface area (Å²) in [7, 11) is 1.80. The summed E-state index contributed by atoms with van der Waals surface area (Å²) in [6, 6.07) is 3.91. The molecular formula is C22H27N5O2. The van der Waals surface area contributed by atoms with Crippen LogP contribution >= 0.6 is 0 Å². The van der Waals surface area contributed by atoms with Gasteiger partial charge in [-0.05, 0) is 30.9 Å². The summed E-state index contributed by atoms with van der Waals surface area (Å²) in [6.07, 6.45) is 8.11. The molecule has 3 aromatic heterocycles. The molecule has 1 saturated heterocycles. The Morgan fingerprint density at radius 2 is 2.10 bits per heavy atom. The number of nitrogens with zero attached hydrogens (tertiary/aromatic N) is 3. The summed E-state index contributed by atoms with van der Waals surface area (Å²) in [5, 5.41) is 7.54. The predicted molar refractivity (Wildman–Crippen MR) is 114 cm³/mol. The molecule has 0 spiro atoms. The van der Waals surface area contributed by atoms with Gasteiger partial charge in [0.1, 0.15) is 11.3 Å². The molecule has 0 bridgehead atoms. The van der Waals surface area contributed by atoms with Gasteiger partial charge in [0.05, 0.1) is 23.8 Å². The Kier molecular flexibility index (Phi) is 4.85. The zero-order valence-electron chi connectivity index (χ0n) is 16.8. The van der Waals surface area contributed by atoms with Crippen LogP contribution < -0.4 is 16.2 Å². The molecule has 7 nitrogen and oxygen atoms in total. The van der Waals surface area contributed by atoms with E-state index in [1.54, 1.807) is 17.8 Å². The quantitative estimate of drug-likeness (QED) is 0.670. The lowest BCUT2D eigenvalue weighted by Gasteiger charge is -2.26. The summed E-state index contributed by atoms with van der Waals surface area (Å²) >= 11 is 0. The van der Waals surface area contributed by atoms with E-state index in [1.807, 2.05) is 24.5 Å². The fraction of sp³-hybridized carbons (Fsp3) is 0.455. The van der Waals surface area contributed by atoms with Gasteiger partial charge < -0.3 is 19.6 Å². The molecule has 0 aromatic carbocycles. The van der Waals surface area contributed by atoms with E-state index in [9.17, 15) is 4.79 Å². The van der Waals surface area contributed by atoms with Gasteiger partial charge in [0, 0.05) is 63.3 Å². The highest BCUT2D eigenvalue weighted by Gasteiger charge is 2.22. The van der Waals surface area contributed by atoms with Crippen molar-refractivity contribution in [1.82, 2.24) is 19.8 Å². The van der Waals surface area contributed by atoms with E-state index in [1.165, 1.54) is 12.8 Å². The van der Waals surface area contributed by atoms with E-state index in [0.29, 0.717) is 11.0 Å². The van der Waals surface area contributed by atoms with Gasteiger partial charge in [-0.3, -0.25) is 14.7 Å². The van der Waals surface area contributed by atoms with Crippen molar-refractivity contribution < 1.29 is 4.42 Å². The molecule has 2 fully saturated rings. The third-order valence-corrected chi connectivity index (χ3v) is 5.88. The number of piperazine rings is 1. The van der Waals surface area contributed by atoms with Crippen molar-refractivity contribution in [2.24, 2.45) is 13.0 Å². The van der Waals surface area contributed by atoms with Crippen molar-refractivity contribution in [3.05, 3.63) is 46.8 Å². The van der Waals surface area contributed by atoms with E-state index in [-0.39, 0.29) is 5.56 Å². The van der Waals surface area contributed by atoms with Gasteiger partial charge in [0.25, 0.3) is 5.56 Å². The molecule has 5 rings (SSSR count). The van der Waals surface area contributed by atoms with Crippen LogP contribution in [0.4, 0.5) is 5.69 Å². The number of fused-ring (bicyclic) bond motifs is 1. The fourth-order valence-electron chi connectivity index (χ4n) is 4.01. The van der Waals surface area contributed by atoms with E-state index in [0.717, 1.165) is 67.8 Å². The summed E-state index contributed by atoms with van der Waals surface area (Å²) < 4.78 is 7.91. The topological polar surface area (TPSA) is 75.3 Å². The smallest absolute Gasteiger partial charge is 0.261 e. The second-order valence-electron chi connectivity index (χ2n) is 8.19. The number of furan rings is 1. The van der Waals surface area contributed by atoms with Gasteiger partial charge in [-0.15, -0.1) is 0 Å². The Morgan fingerprint density at radius 3 is 2.90 bits per heavy atom. The van der Waals surface area contributed by atoms with E-state index >= 15 is 0 Å². The average molecular weight is 393 g/mol. The van der Waals surface area contributed by atoms with Crippen LogP contribution in [0.3, 0.4) is 0 Å². The Bertz CT molecular complexity index is 1080. The molecule has 0 amide bonds. The van der Waals surface area contributed by atoms with E-state index in [2.05, 4.69) is 20.5 Å². The highest BCUT2D eigenvalue weighted by atomic mass is 16.3. The highest BCUT2D eigenvalue weighted by Crippen LogP contribution is 2.35. The SMILES string of the molecule is Cn1cc(-c2ccncc2NCC2CC2)c2oc(CN3CCNCC3)cc2c1=O. The van der Waals surface area contributed by atoms with Crippen LogP contribution in [0.25, 0.3) is 22.1 Å². The molecule has 1 aliphatic heterocycles. The number of hydrogen-bond acceptors (Lipinski definition) is 6. The lowest BCUT2D eigenvalue weighted by Crippen LogP contribution is -2.42. The van der Waals surface area contributed by atoms with Gasteiger partial charge in [-0.2, -0.15) is 0 Å². The number of nitrogens with one attached hydrogen (secondary N) is 2. The Labute approximate surface area is 169 Å². The zero-order valence-corrected chi connectivity index (χ0v) is 16.8. The van der Waals surface area contributed by atoms with Gasteiger partial charge in [-0.1, -0.05) is 0 Å². The molecule has 152 valence electrons. The number of hydrogen-bond donors (Lipinski definition) is 2. The molecule has 3 aromatic rings. The van der Waals surface area contributed by atoms with Crippen LogP contribution in [0.15, 0.2) is 39.9 Å². The summed E-state index contributed by atoms with van der Waals surface area (Å²) in [6.45, 7) is 5.63. The van der Waals surface area contributed by atoms with Crippen molar-refractivity contribution in [2.45, 2.75) is 19.4 Å². The maximum absolute atomic E-state index is 12.8. The summed E-state index contributed by atoms with van der Waals surface area (Å²) in [5.74, 6) is 1.60. The molecule has 0 atom stereocenters. The maximum Gasteiger partial charge on any atom is 0.261 e. The normalized spacial score (nSPS) is 17.7. The van der Waals surface area contributed by atoms with E-state index < -0.39 is 0 Å². The largest absolute Gasteiger partial charge is 0.459 e. The minimum absolute atomic E-state index is 0.0272. The maximum atomic E-state index is 12.8. The van der Waals surface area contributed by atoms with Crippen LogP contribution in [0.2, 0.25) is 0 Å². The van der Waals surface area contributed by atoms with Gasteiger partial charge in [-0.25, -0.2) is 0 Å². The first-order valence-electron chi connectivity index (χ1n) is 10.4. The second kappa shape index (κ2) is 7.65. The van der Waals surface area contributed by atoms with Gasteiger partial charge in [0.15, 0.2) is 0 Å². The highest BCUT2D eigenvalue weighted by molar-refractivity contribution is 5.95. The first kappa shape index (κ1) is 18.4. The lowest BCUT2D eigenvalue weighted by atomic mass is 10.1. The second-order valence-corrected chi connectivity index (χ2v) is 8.19. The Balaban J connectivity index is 1.55. The molecule has 0 unspecified atom stereocenters. The zero-order chi connectivity index (χ0) is 19.8. The van der Waals surface area contributed by atoms with Crippen LogP contribution in [0.5, 0.6) is 0 Å². The van der Waals surface area contributed by atoms with E-state index in [4.69, 9.17) is 4.42 Å². The third kappa shape index (κ3) is 3.80. The molecule has 4 heterocycles. The fourth-order valence-corrected chi connectivity index (χ4v) is 4.01. The van der Waals surface area contributed by atoms with Crippen molar-refractivity contribution in [2.75, 3.05) is 38.0 Å². The number of aryl methyl sites for hydroxylation is 1. The first-order valence-corrected chi connectivity index (χ1v) is 10.4. The van der Waals surface area contributed by atoms with Crippen molar-refractivity contribution in [3.8, 4) is 11.1 Å². The number of aromatic nitrogens is 2. The molecule has 29 heavy (non-hydrogen) atoms.